The van der Waals surface area contributed by atoms with Crippen molar-refractivity contribution in [3.8, 4) is 0 Å². The molecule has 0 fully saturated rings. The van der Waals surface area contributed by atoms with E-state index in [0.717, 1.165) is 10.9 Å². The summed E-state index contributed by atoms with van der Waals surface area (Å²) in [5.74, 6) is -0.320. The Morgan fingerprint density at radius 1 is 1.21 bits per heavy atom. The third-order valence-corrected chi connectivity index (χ3v) is 4.17. The number of hydrogen-bond donors (Lipinski definition) is 3. The maximum Gasteiger partial charge on any atom is 0.407 e. The van der Waals surface area contributed by atoms with Crippen molar-refractivity contribution in [2.75, 3.05) is 11.9 Å². The molecule has 4 N–H and O–H groups in total. The van der Waals surface area contributed by atoms with Gasteiger partial charge in [0.15, 0.2) is 0 Å². The lowest BCUT2D eigenvalue weighted by molar-refractivity contribution is -0.117. The van der Waals surface area contributed by atoms with E-state index in [-0.39, 0.29) is 5.91 Å². The number of alkyl carbamates (subject to hydrolysis) is 1. The number of ether oxygens (including phenoxy) is 1. The van der Waals surface area contributed by atoms with E-state index in [2.05, 4.69) is 10.6 Å². The molecule has 0 bridgehead atoms. The summed E-state index contributed by atoms with van der Waals surface area (Å²) in [7, 11) is 0. The Kier molecular flexibility index (Phi) is 7.39. The summed E-state index contributed by atoms with van der Waals surface area (Å²) in [5.41, 5.74) is 6.72. The quantitative estimate of drug-likeness (QED) is 0.482. The second-order valence-corrected chi connectivity index (χ2v) is 7.98. The molecule has 0 spiro atoms. The molecule has 0 aliphatic rings. The number of rotatable bonds is 7. The summed E-state index contributed by atoms with van der Waals surface area (Å²) in [4.78, 5) is 35.4. The van der Waals surface area contributed by atoms with Crippen molar-refractivity contribution >= 4 is 28.7 Å². The topological polar surface area (TPSA) is 124 Å². The molecule has 2 rings (SSSR count). The summed E-state index contributed by atoms with van der Waals surface area (Å²) in [6.45, 7) is 7.68. The van der Waals surface area contributed by atoms with Crippen LogP contribution in [0.3, 0.4) is 0 Å². The molecule has 0 unspecified atom stereocenters. The van der Waals surface area contributed by atoms with E-state index in [1.165, 1.54) is 6.07 Å². The van der Waals surface area contributed by atoms with Gasteiger partial charge in [-0.3, -0.25) is 4.79 Å². The van der Waals surface area contributed by atoms with Gasteiger partial charge in [-0.1, -0.05) is 0 Å². The van der Waals surface area contributed by atoms with Crippen LogP contribution in [-0.2, 0) is 9.53 Å². The van der Waals surface area contributed by atoms with Gasteiger partial charge < -0.3 is 25.5 Å². The molecule has 1 aromatic carbocycles. The Morgan fingerprint density at radius 2 is 1.93 bits per heavy atom. The number of unbranched alkanes of at least 4 members (excludes halogenated alkanes) is 1. The van der Waals surface area contributed by atoms with Crippen molar-refractivity contribution in [3.05, 3.63) is 40.2 Å². The molecule has 2 amide bonds. The van der Waals surface area contributed by atoms with Crippen molar-refractivity contribution in [1.82, 2.24) is 5.32 Å². The molecule has 0 aliphatic carbocycles. The second kappa shape index (κ2) is 9.56. The Balaban J connectivity index is 1.78. The Morgan fingerprint density at radius 3 is 2.62 bits per heavy atom. The smallest absolute Gasteiger partial charge is 0.407 e. The van der Waals surface area contributed by atoms with Crippen molar-refractivity contribution in [2.24, 2.45) is 5.73 Å². The molecule has 8 nitrogen and oxygen atoms in total. The number of amides is 2. The normalized spacial score (nSPS) is 12.4. The Hall–Kier alpha value is -2.87. The molecular weight excluding hydrogens is 374 g/mol. The fourth-order valence-corrected chi connectivity index (χ4v) is 2.76. The number of anilines is 1. The summed E-state index contributed by atoms with van der Waals surface area (Å²) in [5, 5.41) is 6.22. The van der Waals surface area contributed by atoms with E-state index in [0.29, 0.717) is 37.1 Å². The number of hydrogen-bond acceptors (Lipinski definition) is 6. The molecule has 0 radical (unpaired) electrons. The fourth-order valence-electron chi connectivity index (χ4n) is 2.76. The summed E-state index contributed by atoms with van der Waals surface area (Å²) in [6.07, 6.45) is 1.37. The van der Waals surface area contributed by atoms with Crippen LogP contribution in [-0.4, -0.2) is 30.2 Å². The van der Waals surface area contributed by atoms with E-state index in [1.54, 1.807) is 39.0 Å². The van der Waals surface area contributed by atoms with Gasteiger partial charge in [0.2, 0.25) is 5.91 Å². The lowest BCUT2D eigenvalue weighted by atomic mass is 10.1. The zero-order valence-electron chi connectivity index (χ0n) is 17.3. The highest BCUT2D eigenvalue weighted by molar-refractivity contribution is 5.96. The minimum absolute atomic E-state index is 0.320. The first-order valence-corrected chi connectivity index (χ1v) is 9.63. The molecule has 8 heteroatoms. The van der Waals surface area contributed by atoms with Gasteiger partial charge in [-0.15, -0.1) is 0 Å². The van der Waals surface area contributed by atoms with Crippen LogP contribution in [0.1, 0.15) is 45.6 Å². The predicted octanol–water partition coefficient (Wildman–Crippen LogP) is 3.06. The van der Waals surface area contributed by atoms with E-state index >= 15 is 0 Å². The maximum atomic E-state index is 12.3. The first-order chi connectivity index (χ1) is 13.5. The number of nitrogens with two attached hydrogens (primary N) is 1. The Labute approximate surface area is 169 Å². The molecule has 0 saturated carbocycles. The Bertz CT molecular complexity index is 930. The molecule has 158 valence electrons. The zero-order valence-corrected chi connectivity index (χ0v) is 17.3. The van der Waals surface area contributed by atoms with Gasteiger partial charge in [-0.25, -0.2) is 9.59 Å². The van der Waals surface area contributed by atoms with Gasteiger partial charge in [-0.05, 0) is 64.7 Å². The van der Waals surface area contributed by atoms with Crippen molar-refractivity contribution in [1.29, 1.82) is 0 Å². The van der Waals surface area contributed by atoms with Crippen LogP contribution >= 0.6 is 0 Å². The third kappa shape index (κ3) is 7.23. The third-order valence-electron chi connectivity index (χ3n) is 4.17. The number of aryl methyl sites for hydroxylation is 1. The summed E-state index contributed by atoms with van der Waals surface area (Å²) < 4.78 is 10.3. The standard InChI is InChI=1S/C21H29N3O5/c1-13-11-18(25)28-17-12-14(8-9-15(13)17)24-19(26)16(22)7-5-6-10-23-20(27)29-21(2,3)4/h8-9,11-12,16H,5-7,10,22H2,1-4H3,(H,23,27)(H,24,26)/t16-/m1/s1. The van der Waals surface area contributed by atoms with E-state index in [1.807, 2.05) is 6.92 Å². The number of fused-ring (bicyclic) bond motifs is 1. The zero-order chi connectivity index (χ0) is 21.6. The molecule has 1 heterocycles. The van der Waals surface area contributed by atoms with Crippen LogP contribution in [0.2, 0.25) is 0 Å². The summed E-state index contributed by atoms with van der Waals surface area (Å²) >= 11 is 0. The highest BCUT2D eigenvalue weighted by Crippen LogP contribution is 2.21. The minimum atomic E-state index is -0.684. The molecule has 1 atom stereocenters. The van der Waals surface area contributed by atoms with Gasteiger partial charge in [0.25, 0.3) is 0 Å². The molecule has 29 heavy (non-hydrogen) atoms. The lowest BCUT2D eigenvalue weighted by Crippen LogP contribution is -2.36. The first-order valence-electron chi connectivity index (χ1n) is 9.63. The number of carbonyl (C=O) groups is 2. The SMILES string of the molecule is Cc1cc(=O)oc2cc(NC(=O)[C@H](N)CCCCNC(=O)OC(C)(C)C)ccc12. The maximum absolute atomic E-state index is 12.3. The molecule has 0 aliphatic heterocycles. The summed E-state index contributed by atoms with van der Waals surface area (Å²) in [6, 6.07) is 5.88. The lowest BCUT2D eigenvalue weighted by Gasteiger charge is -2.19. The molecular formula is C21H29N3O5. The molecule has 0 saturated heterocycles. The van der Waals surface area contributed by atoms with Crippen molar-refractivity contribution in [3.63, 3.8) is 0 Å². The highest BCUT2D eigenvalue weighted by Gasteiger charge is 2.16. The molecule has 1 aromatic heterocycles. The van der Waals surface area contributed by atoms with E-state index < -0.39 is 23.4 Å². The van der Waals surface area contributed by atoms with Crippen LogP contribution in [0.25, 0.3) is 11.0 Å². The first kappa shape index (κ1) is 22.4. The number of carbonyl (C=O) groups excluding carboxylic acids is 2. The van der Waals surface area contributed by atoms with Gasteiger partial charge in [0.1, 0.15) is 11.2 Å². The van der Waals surface area contributed by atoms with E-state index in [9.17, 15) is 14.4 Å². The van der Waals surface area contributed by atoms with Gasteiger partial charge in [-0.2, -0.15) is 0 Å². The number of benzene rings is 1. The van der Waals surface area contributed by atoms with E-state index in [4.69, 9.17) is 14.9 Å². The van der Waals surface area contributed by atoms with Crippen LogP contribution in [0, 0.1) is 6.92 Å². The average Bonchev–Trinajstić information content (AvgIpc) is 2.59. The van der Waals surface area contributed by atoms with Gasteiger partial charge in [0.05, 0.1) is 6.04 Å². The highest BCUT2D eigenvalue weighted by atomic mass is 16.6. The van der Waals surface area contributed by atoms with Crippen molar-refractivity contribution in [2.45, 2.75) is 58.6 Å². The predicted molar refractivity (Wildman–Crippen MR) is 112 cm³/mol. The van der Waals surface area contributed by atoms with Crippen LogP contribution in [0.5, 0.6) is 0 Å². The number of nitrogens with one attached hydrogen (secondary N) is 2. The van der Waals surface area contributed by atoms with Gasteiger partial charge in [0, 0.05) is 29.8 Å². The van der Waals surface area contributed by atoms with Crippen LogP contribution < -0.4 is 22.0 Å². The molecule has 2 aromatic rings. The fraction of sp³-hybridized carbons (Fsp3) is 0.476. The minimum Gasteiger partial charge on any atom is -0.444 e. The largest absolute Gasteiger partial charge is 0.444 e. The van der Waals surface area contributed by atoms with Crippen LogP contribution in [0.4, 0.5) is 10.5 Å². The average molecular weight is 403 g/mol. The second-order valence-electron chi connectivity index (χ2n) is 7.98. The van der Waals surface area contributed by atoms with Crippen molar-refractivity contribution < 1.29 is 18.7 Å². The van der Waals surface area contributed by atoms with Gasteiger partial charge >= 0.3 is 11.7 Å². The monoisotopic (exact) mass is 403 g/mol. The van der Waals surface area contributed by atoms with Crippen LogP contribution in [0.15, 0.2) is 33.5 Å².